The Balaban J connectivity index is 0.000000508. The van der Waals surface area contributed by atoms with Crippen LogP contribution in [0.2, 0.25) is 5.02 Å². The van der Waals surface area contributed by atoms with Gasteiger partial charge in [0.05, 0.1) is 23.3 Å². The van der Waals surface area contributed by atoms with Gasteiger partial charge < -0.3 is 4.74 Å². The standard InChI is InChI=1S/C10H7ClF3N.C8H14O3/c11-10-8(3-13)6(2-12)1-7(5-15)9(10)4-14;1-3-5-7(9)6-8(10)11-4-2/h1H,2-4H2;3-6H2,1-2H3. The third kappa shape index (κ3) is 7.44. The highest BCUT2D eigenvalue weighted by atomic mass is 35.5. The predicted molar refractivity (Wildman–Crippen MR) is 91.8 cm³/mol. The van der Waals surface area contributed by atoms with Crippen molar-refractivity contribution < 1.29 is 27.5 Å². The number of halogens is 4. The van der Waals surface area contributed by atoms with Gasteiger partial charge in [0, 0.05) is 17.5 Å². The molecular formula is C18H21ClF3NO3. The molecule has 0 saturated carbocycles. The summed E-state index contributed by atoms with van der Waals surface area (Å²) in [4.78, 5) is 21.5. The van der Waals surface area contributed by atoms with Crippen molar-refractivity contribution in [1.82, 2.24) is 0 Å². The van der Waals surface area contributed by atoms with Gasteiger partial charge in [-0.25, -0.2) is 13.2 Å². The summed E-state index contributed by atoms with van der Waals surface area (Å²) in [5.74, 6) is -0.447. The second-order valence-corrected chi connectivity index (χ2v) is 5.52. The van der Waals surface area contributed by atoms with E-state index in [0.717, 1.165) is 12.5 Å². The molecular weight excluding hydrogens is 371 g/mol. The van der Waals surface area contributed by atoms with Crippen molar-refractivity contribution in [2.45, 2.75) is 53.1 Å². The molecule has 0 atom stereocenters. The van der Waals surface area contributed by atoms with Crippen molar-refractivity contribution in [1.29, 1.82) is 5.26 Å². The lowest BCUT2D eigenvalue weighted by atomic mass is 10.0. The minimum Gasteiger partial charge on any atom is -0.466 e. The molecule has 0 N–H and O–H groups in total. The zero-order valence-corrected chi connectivity index (χ0v) is 15.5. The van der Waals surface area contributed by atoms with Crippen LogP contribution in [0.1, 0.15) is 55.4 Å². The number of alkyl halides is 3. The van der Waals surface area contributed by atoms with Crippen molar-refractivity contribution in [3.63, 3.8) is 0 Å². The maximum absolute atomic E-state index is 12.5. The molecule has 0 heterocycles. The van der Waals surface area contributed by atoms with E-state index in [1.165, 1.54) is 0 Å². The van der Waals surface area contributed by atoms with Gasteiger partial charge in [0.2, 0.25) is 0 Å². The average molecular weight is 392 g/mol. The molecule has 144 valence electrons. The Labute approximate surface area is 155 Å². The third-order valence-corrected chi connectivity index (χ3v) is 3.72. The maximum atomic E-state index is 12.5. The number of ketones is 1. The minimum atomic E-state index is -0.975. The van der Waals surface area contributed by atoms with Crippen LogP contribution in [0.3, 0.4) is 0 Å². The highest BCUT2D eigenvalue weighted by molar-refractivity contribution is 6.32. The highest BCUT2D eigenvalue weighted by Gasteiger charge is 2.16. The van der Waals surface area contributed by atoms with Gasteiger partial charge in [0.1, 0.15) is 32.2 Å². The summed E-state index contributed by atoms with van der Waals surface area (Å²) in [6.45, 7) is 1.10. The first kappa shape index (κ1) is 23.9. The normalized spacial score (nSPS) is 9.73. The number of carbonyl (C=O) groups is 2. The van der Waals surface area contributed by atoms with Crippen LogP contribution in [0.4, 0.5) is 13.2 Å². The molecule has 0 fully saturated rings. The van der Waals surface area contributed by atoms with Crippen molar-refractivity contribution in [3.05, 3.63) is 33.3 Å². The number of hydrogen-bond acceptors (Lipinski definition) is 4. The Hall–Kier alpha value is -2.07. The van der Waals surface area contributed by atoms with Crippen LogP contribution in [-0.2, 0) is 34.3 Å². The van der Waals surface area contributed by atoms with Gasteiger partial charge in [-0.2, -0.15) is 5.26 Å². The molecule has 0 saturated heterocycles. The van der Waals surface area contributed by atoms with Crippen LogP contribution in [0.25, 0.3) is 0 Å². The van der Waals surface area contributed by atoms with Crippen LogP contribution in [-0.4, -0.2) is 18.4 Å². The fourth-order valence-corrected chi connectivity index (χ4v) is 2.35. The Morgan fingerprint density at radius 3 is 2.19 bits per heavy atom. The number of benzene rings is 1. The topological polar surface area (TPSA) is 67.2 Å². The first-order valence-electron chi connectivity index (χ1n) is 7.98. The zero-order valence-electron chi connectivity index (χ0n) is 14.7. The molecule has 1 aromatic rings. The van der Waals surface area contributed by atoms with E-state index >= 15 is 0 Å². The lowest BCUT2D eigenvalue weighted by molar-refractivity contribution is -0.145. The molecule has 0 spiro atoms. The Morgan fingerprint density at radius 2 is 1.77 bits per heavy atom. The Bertz CT molecular complexity index is 644. The monoisotopic (exact) mass is 391 g/mol. The largest absolute Gasteiger partial charge is 0.466 e. The van der Waals surface area contributed by atoms with Crippen LogP contribution >= 0.6 is 11.6 Å². The van der Waals surface area contributed by atoms with E-state index in [0.29, 0.717) is 13.0 Å². The summed E-state index contributed by atoms with van der Waals surface area (Å²) in [7, 11) is 0. The second kappa shape index (κ2) is 13.2. The van der Waals surface area contributed by atoms with E-state index in [4.69, 9.17) is 16.9 Å². The summed E-state index contributed by atoms with van der Waals surface area (Å²) < 4.78 is 42.1. The lowest BCUT2D eigenvalue weighted by Crippen LogP contribution is -2.10. The summed E-state index contributed by atoms with van der Waals surface area (Å²) in [6, 6.07) is 2.83. The van der Waals surface area contributed by atoms with Crippen molar-refractivity contribution >= 4 is 23.4 Å². The number of nitrogens with zero attached hydrogens (tertiary/aromatic N) is 1. The number of carbonyl (C=O) groups excluding carboxylic acids is 2. The Kier molecular flexibility index (Phi) is 12.1. The molecule has 4 nitrogen and oxygen atoms in total. The highest BCUT2D eigenvalue weighted by Crippen LogP contribution is 2.30. The van der Waals surface area contributed by atoms with E-state index in [9.17, 15) is 22.8 Å². The van der Waals surface area contributed by atoms with Crippen LogP contribution in [0, 0.1) is 11.3 Å². The second-order valence-electron chi connectivity index (χ2n) is 5.14. The van der Waals surface area contributed by atoms with Gasteiger partial charge in [-0.3, -0.25) is 9.59 Å². The number of hydrogen-bond donors (Lipinski definition) is 0. The van der Waals surface area contributed by atoms with Gasteiger partial charge in [-0.15, -0.1) is 0 Å². The summed E-state index contributed by atoms with van der Waals surface area (Å²) >= 11 is 5.68. The van der Waals surface area contributed by atoms with Crippen molar-refractivity contribution in [3.8, 4) is 6.07 Å². The molecule has 0 aliphatic carbocycles. The fourth-order valence-electron chi connectivity index (χ4n) is 2.02. The molecule has 0 aromatic heterocycles. The van der Waals surface area contributed by atoms with Crippen molar-refractivity contribution in [2.24, 2.45) is 0 Å². The van der Waals surface area contributed by atoms with E-state index in [-0.39, 0.29) is 39.5 Å². The molecule has 8 heteroatoms. The van der Waals surface area contributed by atoms with E-state index in [1.807, 2.05) is 6.92 Å². The van der Waals surface area contributed by atoms with Crippen LogP contribution < -0.4 is 0 Å². The minimum absolute atomic E-state index is 0.00347. The number of esters is 1. The first-order chi connectivity index (χ1) is 12.4. The number of ether oxygens (including phenoxy) is 1. The summed E-state index contributed by atoms with van der Waals surface area (Å²) in [5, 5.41) is 8.48. The number of nitriles is 1. The van der Waals surface area contributed by atoms with Gasteiger partial charge in [0.15, 0.2) is 0 Å². The molecule has 0 bridgehead atoms. The molecule has 1 aromatic carbocycles. The molecule has 0 aliphatic heterocycles. The molecule has 0 unspecified atom stereocenters. The molecule has 0 radical (unpaired) electrons. The number of rotatable bonds is 8. The summed E-state index contributed by atoms with van der Waals surface area (Å²) in [6.07, 6.45) is 1.19. The van der Waals surface area contributed by atoms with Gasteiger partial charge in [-0.1, -0.05) is 18.5 Å². The SMILES string of the molecule is CCCC(=O)CC(=O)OCC.N#Cc1cc(CF)c(CF)c(Cl)c1CF. The lowest BCUT2D eigenvalue weighted by Gasteiger charge is -2.10. The molecule has 1 rings (SSSR count). The zero-order chi connectivity index (χ0) is 20.1. The van der Waals surface area contributed by atoms with Crippen molar-refractivity contribution in [2.75, 3.05) is 6.61 Å². The van der Waals surface area contributed by atoms with E-state index < -0.39 is 26.0 Å². The van der Waals surface area contributed by atoms with Crippen LogP contribution in [0.5, 0.6) is 0 Å². The van der Waals surface area contributed by atoms with Gasteiger partial charge in [-0.05, 0) is 25.0 Å². The van der Waals surface area contributed by atoms with E-state index in [2.05, 4.69) is 4.74 Å². The Morgan fingerprint density at radius 1 is 1.15 bits per heavy atom. The van der Waals surface area contributed by atoms with E-state index in [1.54, 1.807) is 13.0 Å². The molecule has 0 aliphatic rings. The predicted octanol–water partition coefficient (Wildman–Crippen LogP) is 4.93. The quantitative estimate of drug-likeness (QED) is 0.465. The first-order valence-corrected chi connectivity index (χ1v) is 8.36. The van der Waals surface area contributed by atoms with Gasteiger partial charge >= 0.3 is 5.97 Å². The fraction of sp³-hybridized carbons (Fsp3) is 0.500. The van der Waals surface area contributed by atoms with Gasteiger partial charge in [0.25, 0.3) is 0 Å². The number of Topliss-reactive ketones (excluding diaryl/α,β-unsaturated/α-hetero) is 1. The smallest absolute Gasteiger partial charge is 0.313 e. The third-order valence-electron chi connectivity index (χ3n) is 3.27. The van der Waals surface area contributed by atoms with Crippen LogP contribution in [0.15, 0.2) is 6.07 Å². The maximum Gasteiger partial charge on any atom is 0.313 e. The average Bonchev–Trinajstić information content (AvgIpc) is 2.61. The molecule has 26 heavy (non-hydrogen) atoms. The molecule has 0 amide bonds. The summed E-state index contributed by atoms with van der Waals surface area (Å²) in [5.41, 5.74) is -0.210.